The molecule has 98 valence electrons. The van der Waals surface area contributed by atoms with Crippen molar-refractivity contribution in [3.8, 4) is 0 Å². The standard InChI is InChI=1S/C15H22N2O/c1-4-15(2,3)17-14(18)13-10-16-9-11-7-5-6-8-12(11)13/h5-8,13,16H,4,9-10H2,1-3H3,(H,17,18). The van der Waals surface area contributed by atoms with E-state index in [2.05, 4.69) is 43.5 Å². The smallest absolute Gasteiger partial charge is 0.229 e. The van der Waals surface area contributed by atoms with E-state index in [0.29, 0.717) is 0 Å². The minimum atomic E-state index is -0.135. The number of hydrogen-bond donors (Lipinski definition) is 2. The van der Waals surface area contributed by atoms with Gasteiger partial charge in [-0.25, -0.2) is 0 Å². The highest BCUT2D eigenvalue weighted by Crippen LogP contribution is 2.24. The third-order valence-electron chi connectivity index (χ3n) is 3.76. The number of carbonyl (C=O) groups excluding carboxylic acids is 1. The predicted octanol–water partition coefficient (Wildman–Crippen LogP) is 2.18. The fourth-order valence-electron chi connectivity index (χ4n) is 2.24. The molecular formula is C15H22N2O. The van der Waals surface area contributed by atoms with E-state index >= 15 is 0 Å². The highest BCUT2D eigenvalue weighted by molar-refractivity contribution is 5.85. The summed E-state index contributed by atoms with van der Waals surface area (Å²) in [5, 5.41) is 6.45. The van der Waals surface area contributed by atoms with Gasteiger partial charge in [0.15, 0.2) is 0 Å². The molecular weight excluding hydrogens is 224 g/mol. The summed E-state index contributed by atoms with van der Waals surface area (Å²) in [6.45, 7) is 7.80. The fraction of sp³-hybridized carbons (Fsp3) is 0.533. The summed E-state index contributed by atoms with van der Waals surface area (Å²) in [4.78, 5) is 12.4. The fourth-order valence-corrected chi connectivity index (χ4v) is 2.24. The molecule has 2 rings (SSSR count). The van der Waals surface area contributed by atoms with Gasteiger partial charge in [-0.1, -0.05) is 31.2 Å². The van der Waals surface area contributed by atoms with Crippen LogP contribution in [-0.2, 0) is 11.3 Å². The summed E-state index contributed by atoms with van der Waals surface area (Å²) in [5.74, 6) is 0.0577. The van der Waals surface area contributed by atoms with Gasteiger partial charge in [-0.3, -0.25) is 4.79 Å². The molecule has 0 radical (unpaired) electrons. The number of rotatable bonds is 3. The van der Waals surface area contributed by atoms with Gasteiger partial charge in [0.2, 0.25) is 5.91 Å². The molecule has 1 unspecified atom stereocenters. The second kappa shape index (κ2) is 5.11. The van der Waals surface area contributed by atoms with Crippen LogP contribution >= 0.6 is 0 Å². The van der Waals surface area contributed by atoms with Crippen molar-refractivity contribution in [3.63, 3.8) is 0 Å². The average Bonchev–Trinajstić information content (AvgIpc) is 2.37. The normalized spacial score (nSPS) is 19.2. The third-order valence-corrected chi connectivity index (χ3v) is 3.76. The first-order valence-electron chi connectivity index (χ1n) is 6.64. The molecule has 1 aliphatic rings. The predicted molar refractivity (Wildman–Crippen MR) is 73.4 cm³/mol. The van der Waals surface area contributed by atoms with E-state index in [-0.39, 0.29) is 17.4 Å². The van der Waals surface area contributed by atoms with Crippen LogP contribution < -0.4 is 10.6 Å². The Hall–Kier alpha value is -1.35. The van der Waals surface area contributed by atoms with E-state index in [1.807, 2.05) is 12.1 Å². The number of amides is 1. The molecule has 18 heavy (non-hydrogen) atoms. The summed E-state index contributed by atoms with van der Waals surface area (Å²) < 4.78 is 0. The van der Waals surface area contributed by atoms with Crippen LogP contribution in [0.3, 0.4) is 0 Å². The van der Waals surface area contributed by atoms with Gasteiger partial charge in [0.25, 0.3) is 0 Å². The van der Waals surface area contributed by atoms with E-state index in [1.165, 1.54) is 11.1 Å². The van der Waals surface area contributed by atoms with Crippen LogP contribution in [0.15, 0.2) is 24.3 Å². The van der Waals surface area contributed by atoms with Crippen LogP contribution in [0.1, 0.15) is 44.2 Å². The Morgan fingerprint density at radius 1 is 1.44 bits per heavy atom. The molecule has 1 atom stereocenters. The zero-order valence-corrected chi connectivity index (χ0v) is 11.4. The maximum atomic E-state index is 12.4. The Kier molecular flexibility index (Phi) is 3.71. The van der Waals surface area contributed by atoms with Crippen molar-refractivity contribution in [2.24, 2.45) is 0 Å². The lowest BCUT2D eigenvalue weighted by atomic mass is 9.89. The Labute approximate surface area is 109 Å². The van der Waals surface area contributed by atoms with Crippen LogP contribution in [0.25, 0.3) is 0 Å². The van der Waals surface area contributed by atoms with Gasteiger partial charge in [-0.15, -0.1) is 0 Å². The highest BCUT2D eigenvalue weighted by Gasteiger charge is 2.29. The van der Waals surface area contributed by atoms with Crippen LogP contribution in [0.4, 0.5) is 0 Å². The van der Waals surface area contributed by atoms with E-state index in [0.717, 1.165) is 19.5 Å². The van der Waals surface area contributed by atoms with E-state index in [9.17, 15) is 4.79 Å². The van der Waals surface area contributed by atoms with Gasteiger partial charge in [-0.2, -0.15) is 0 Å². The molecule has 0 bridgehead atoms. The average molecular weight is 246 g/mol. The van der Waals surface area contributed by atoms with Gasteiger partial charge in [0.05, 0.1) is 5.92 Å². The van der Waals surface area contributed by atoms with Crippen molar-refractivity contribution < 1.29 is 4.79 Å². The second-order valence-electron chi connectivity index (χ2n) is 5.61. The van der Waals surface area contributed by atoms with Crippen molar-refractivity contribution in [2.75, 3.05) is 6.54 Å². The topological polar surface area (TPSA) is 41.1 Å². The highest BCUT2D eigenvalue weighted by atomic mass is 16.2. The maximum absolute atomic E-state index is 12.4. The van der Waals surface area contributed by atoms with Gasteiger partial charge < -0.3 is 10.6 Å². The Morgan fingerprint density at radius 3 is 2.89 bits per heavy atom. The molecule has 0 saturated heterocycles. The lowest BCUT2D eigenvalue weighted by Crippen LogP contribution is -2.47. The first-order valence-corrected chi connectivity index (χ1v) is 6.64. The minimum absolute atomic E-state index is 0.0687. The van der Waals surface area contributed by atoms with E-state index in [4.69, 9.17) is 0 Å². The molecule has 0 fully saturated rings. The number of benzene rings is 1. The van der Waals surface area contributed by atoms with Gasteiger partial charge >= 0.3 is 0 Å². The maximum Gasteiger partial charge on any atom is 0.229 e. The first-order chi connectivity index (χ1) is 8.53. The van der Waals surface area contributed by atoms with Crippen LogP contribution in [-0.4, -0.2) is 18.0 Å². The Balaban J connectivity index is 2.18. The summed E-state index contributed by atoms with van der Waals surface area (Å²) in [7, 11) is 0. The Morgan fingerprint density at radius 2 is 2.17 bits per heavy atom. The zero-order valence-electron chi connectivity index (χ0n) is 11.4. The van der Waals surface area contributed by atoms with Gasteiger partial charge in [-0.05, 0) is 31.4 Å². The van der Waals surface area contributed by atoms with Crippen molar-refractivity contribution in [2.45, 2.75) is 45.2 Å². The largest absolute Gasteiger partial charge is 0.351 e. The lowest BCUT2D eigenvalue weighted by molar-refractivity contribution is -0.124. The molecule has 2 N–H and O–H groups in total. The molecule has 0 saturated carbocycles. The number of fused-ring (bicyclic) bond motifs is 1. The molecule has 0 aromatic heterocycles. The molecule has 3 nitrogen and oxygen atoms in total. The zero-order chi connectivity index (χ0) is 13.2. The molecule has 1 heterocycles. The van der Waals surface area contributed by atoms with Crippen LogP contribution in [0.5, 0.6) is 0 Å². The molecule has 1 aliphatic heterocycles. The van der Waals surface area contributed by atoms with Crippen LogP contribution in [0, 0.1) is 0 Å². The summed E-state index contributed by atoms with van der Waals surface area (Å²) in [6, 6.07) is 8.19. The molecule has 1 aromatic rings. The number of carbonyl (C=O) groups is 1. The quantitative estimate of drug-likeness (QED) is 0.858. The molecule has 0 aliphatic carbocycles. The summed E-state index contributed by atoms with van der Waals surface area (Å²) in [6.07, 6.45) is 0.931. The van der Waals surface area contributed by atoms with Gasteiger partial charge in [0, 0.05) is 18.6 Å². The SMILES string of the molecule is CCC(C)(C)NC(=O)C1CNCc2ccccc21. The van der Waals surface area contributed by atoms with Crippen molar-refractivity contribution in [1.29, 1.82) is 0 Å². The number of nitrogens with one attached hydrogen (secondary N) is 2. The molecule has 3 heteroatoms. The van der Waals surface area contributed by atoms with E-state index < -0.39 is 0 Å². The second-order valence-corrected chi connectivity index (χ2v) is 5.61. The summed E-state index contributed by atoms with van der Waals surface area (Å²) in [5.41, 5.74) is 2.27. The minimum Gasteiger partial charge on any atom is -0.351 e. The Bertz CT molecular complexity index is 440. The number of hydrogen-bond acceptors (Lipinski definition) is 2. The molecule has 0 spiro atoms. The summed E-state index contributed by atoms with van der Waals surface area (Å²) >= 11 is 0. The van der Waals surface area contributed by atoms with E-state index in [1.54, 1.807) is 0 Å². The third kappa shape index (κ3) is 2.72. The van der Waals surface area contributed by atoms with Crippen LogP contribution in [0.2, 0.25) is 0 Å². The first kappa shape index (κ1) is 13.1. The van der Waals surface area contributed by atoms with Crippen molar-refractivity contribution in [3.05, 3.63) is 35.4 Å². The van der Waals surface area contributed by atoms with Crippen molar-refractivity contribution >= 4 is 5.91 Å². The monoisotopic (exact) mass is 246 g/mol. The molecule has 1 aromatic carbocycles. The van der Waals surface area contributed by atoms with Crippen molar-refractivity contribution in [1.82, 2.24) is 10.6 Å². The lowest BCUT2D eigenvalue weighted by Gasteiger charge is -2.30. The van der Waals surface area contributed by atoms with Gasteiger partial charge in [0.1, 0.15) is 0 Å². The molecule has 1 amide bonds.